The molecule has 1 aliphatic heterocycles. The minimum absolute atomic E-state index is 0.0925. The van der Waals surface area contributed by atoms with E-state index in [1.54, 1.807) is 25.7 Å². The highest BCUT2D eigenvalue weighted by Gasteiger charge is 2.40. The van der Waals surface area contributed by atoms with Gasteiger partial charge in [-0.15, -0.1) is 18.9 Å². The van der Waals surface area contributed by atoms with Gasteiger partial charge in [0.2, 0.25) is 23.6 Å². The Hall–Kier alpha value is -3.12. The molecule has 9 heteroatoms. The minimum atomic E-state index is -0.623. The van der Waals surface area contributed by atoms with Crippen LogP contribution in [0.25, 0.3) is 0 Å². The molecule has 0 bridgehead atoms. The van der Waals surface area contributed by atoms with E-state index in [-0.39, 0.29) is 41.2 Å². The van der Waals surface area contributed by atoms with E-state index in [4.69, 9.17) is 11.5 Å². The standard InChI is InChI=1S/C24H36N4O4.C4H8.C3H8O.C3H8/c1-5-6-14-25-22(30)16(2)17(3)26-23(31)20-13-10-15-28(20)24(32)21(27-18(4)29)19-11-8-7-9-12-19;1-3-4-2;1-3(2)4;1-3-2/h1,17,19-21H,2,6-15H2,3-4H3,(H,25,30)(H,26,31)(H,27,29);3H,1,4H2,2H3;3-4H,1-2H3;3H2,1-2H3. The van der Waals surface area contributed by atoms with Crippen molar-refractivity contribution in [2.75, 3.05) is 13.1 Å². The molecule has 1 saturated heterocycles. The van der Waals surface area contributed by atoms with E-state index < -0.39 is 18.1 Å². The van der Waals surface area contributed by atoms with Crippen molar-refractivity contribution in [2.45, 2.75) is 137 Å². The molecule has 9 nitrogen and oxygen atoms in total. The Bertz CT molecular complexity index is 887. The number of aliphatic hydroxyl groups excluding tert-OH is 1. The van der Waals surface area contributed by atoms with Crippen LogP contribution in [-0.2, 0) is 19.2 Å². The minimum Gasteiger partial charge on any atom is -0.394 e. The van der Waals surface area contributed by atoms with E-state index in [1.165, 1.54) is 13.3 Å². The average Bonchev–Trinajstić information content (AvgIpc) is 3.46. The molecule has 1 heterocycles. The first kappa shape index (κ1) is 42.0. The molecular weight excluding hydrogens is 544 g/mol. The molecular formula is C34H60N4O5. The van der Waals surface area contributed by atoms with Gasteiger partial charge in [-0.1, -0.05) is 59.1 Å². The van der Waals surface area contributed by atoms with Crippen molar-refractivity contribution in [3.8, 4) is 12.3 Å². The quantitative estimate of drug-likeness (QED) is 0.125. The fourth-order valence-corrected chi connectivity index (χ4v) is 4.50. The number of nitrogens with one attached hydrogen (secondary N) is 3. The summed E-state index contributed by atoms with van der Waals surface area (Å²) in [7, 11) is 0. The van der Waals surface area contributed by atoms with Gasteiger partial charge < -0.3 is 26.0 Å². The summed E-state index contributed by atoms with van der Waals surface area (Å²) in [6, 6.07) is -1.81. The van der Waals surface area contributed by atoms with Crippen LogP contribution in [0.15, 0.2) is 24.8 Å². The largest absolute Gasteiger partial charge is 0.394 e. The number of aliphatic hydroxyl groups is 1. The fourth-order valence-electron chi connectivity index (χ4n) is 4.50. The second-order valence-electron chi connectivity index (χ2n) is 11.2. The van der Waals surface area contributed by atoms with Gasteiger partial charge in [-0.3, -0.25) is 19.2 Å². The Balaban J connectivity index is 0. The van der Waals surface area contributed by atoms with E-state index in [2.05, 4.69) is 55.8 Å². The van der Waals surface area contributed by atoms with Gasteiger partial charge in [0, 0.05) is 38.1 Å². The smallest absolute Gasteiger partial charge is 0.248 e. The third-order valence-corrected chi connectivity index (χ3v) is 6.60. The maximum atomic E-state index is 13.4. The van der Waals surface area contributed by atoms with Crippen LogP contribution >= 0.6 is 0 Å². The number of amides is 4. The van der Waals surface area contributed by atoms with Crippen LogP contribution in [0, 0.1) is 18.3 Å². The van der Waals surface area contributed by atoms with Crippen molar-refractivity contribution in [2.24, 2.45) is 5.92 Å². The molecule has 3 unspecified atom stereocenters. The van der Waals surface area contributed by atoms with E-state index >= 15 is 0 Å². The van der Waals surface area contributed by atoms with Gasteiger partial charge in [0.25, 0.3) is 0 Å². The van der Waals surface area contributed by atoms with E-state index in [0.29, 0.717) is 32.4 Å². The van der Waals surface area contributed by atoms with Gasteiger partial charge in [-0.05, 0) is 58.8 Å². The second kappa shape index (κ2) is 25.4. The van der Waals surface area contributed by atoms with E-state index in [1.807, 2.05) is 6.08 Å². The molecule has 1 aliphatic carbocycles. The predicted octanol–water partition coefficient (Wildman–Crippen LogP) is 4.65. The zero-order chi connectivity index (χ0) is 33.4. The predicted molar refractivity (Wildman–Crippen MR) is 176 cm³/mol. The van der Waals surface area contributed by atoms with Gasteiger partial charge in [0.05, 0.1) is 6.04 Å². The number of nitrogens with zero attached hydrogens (tertiary/aromatic N) is 1. The number of likely N-dealkylation sites (tertiary alicyclic amines) is 1. The van der Waals surface area contributed by atoms with Gasteiger partial charge in [-0.25, -0.2) is 0 Å². The summed E-state index contributed by atoms with van der Waals surface area (Å²) in [6.07, 6.45) is 15.9. The number of carbonyl (C=O) groups is 4. The van der Waals surface area contributed by atoms with Crippen LogP contribution in [-0.4, -0.2) is 71.0 Å². The fraction of sp³-hybridized carbons (Fsp3) is 0.706. The van der Waals surface area contributed by atoms with Crippen LogP contribution in [0.4, 0.5) is 0 Å². The van der Waals surface area contributed by atoms with Gasteiger partial charge >= 0.3 is 0 Å². The van der Waals surface area contributed by atoms with Crippen molar-refractivity contribution in [1.82, 2.24) is 20.9 Å². The molecule has 0 aromatic rings. The zero-order valence-corrected chi connectivity index (χ0v) is 28.0. The first-order chi connectivity index (χ1) is 20.3. The Morgan fingerprint density at radius 1 is 1.02 bits per heavy atom. The monoisotopic (exact) mass is 604 g/mol. The highest BCUT2D eigenvalue weighted by atomic mass is 16.3. The molecule has 246 valence electrons. The van der Waals surface area contributed by atoms with E-state index in [0.717, 1.165) is 38.5 Å². The number of carbonyl (C=O) groups excluding carboxylic acids is 4. The Morgan fingerprint density at radius 2 is 1.56 bits per heavy atom. The Labute approximate surface area is 261 Å². The maximum absolute atomic E-state index is 13.4. The molecule has 0 aromatic heterocycles. The molecule has 0 radical (unpaired) electrons. The lowest BCUT2D eigenvalue weighted by molar-refractivity contribution is -0.143. The summed E-state index contributed by atoms with van der Waals surface area (Å²) in [5.41, 5.74) is 0.226. The highest BCUT2D eigenvalue weighted by Crippen LogP contribution is 2.29. The Morgan fingerprint density at radius 3 is 2.02 bits per heavy atom. The van der Waals surface area contributed by atoms with Crippen LogP contribution in [0.5, 0.6) is 0 Å². The molecule has 4 amide bonds. The molecule has 2 rings (SSSR count). The summed E-state index contributed by atoms with van der Waals surface area (Å²) in [5.74, 6) is 1.42. The molecule has 43 heavy (non-hydrogen) atoms. The lowest BCUT2D eigenvalue weighted by Gasteiger charge is -2.34. The summed E-state index contributed by atoms with van der Waals surface area (Å²) in [5, 5.41) is 16.4. The normalized spacial score (nSPS) is 17.1. The second-order valence-corrected chi connectivity index (χ2v) is 11.2. The van der Waals surface area contributed by atoms with Crippen LogP contribution in [0.2, 0.25) is 0 Å². The summed E-state index contributed by atoms with van der Waals surface area (Å²) >= 11 is 0. The number of rotatable bonds is 10. The lowest BCUT2D eigenvalue weighted by Crippen LogP contribution is -2.56. The van der Waals surface area contributed by atoms with Crippen LogP contribution in [0.3, 0.4) is 0 Å². The third kappa shape index (κ3) is 18.9. The number of hydrogen-bond donors (Lipinski definition) is 4. The van der Waals surface area contributed by atoms with Crippen LogP contribution in [0.1, 0.15) is 113 Å². The van der Waals surface area contributed by atoms with Crippen molar-refractivity contribution in [3.05, 3.63) is 24.8 Å². The third-order valence-electron chi connectivity index (χ3n) is 6.60. The average molecular weight is 605 g/mol. The molecule has 0 spiro atoms. The molecule has 1 saturated carbocycles. The first-order valence-corrected chi connectivity index (χ1v) is 15.9. The van der Waals surface area contributed by atoms with Crippen molar-refractivity contribution >= 4 is 23.6 Å². The summed E-state index contributed by atoms with van der Waals surface area (Å²) < 4.78 is 0. The van der Waals surface area contributed by atoms with Crippen LogP contribution < -0.4 is 16.0 Å². The van der Waals surface area contributed by atoms with Gasteiger partial charge in [-0.2, -0.15) is 0 Å². The zero-order valence-electron chi connectivity index (χ0n) is 28.0. The Kier molecular flexibility index (Phi) is 24.8. The number of hydrogen-bond acceptors (Lipinski definition) is 5. The number of allylic oxidation sites excluding steroid dienone is 1. The molecule has 2 fully saturated rings. The van der Waals surface area contributed by atoms with Crippen molar-refractivity contribution in [3.63, 3.8) is 0 Å². The first-order valence-electron chi connectivity index (χ1n) is 15.9. The maximum Gasteiger partial charge on any atom is 0.248 e. The lowest BCUT2D eigenvalue weighted by atomic mass is 9.83. The summed E-state index contributed by atoms with van der Waals surface area (Å²) in [6.45, 7) is 20.9. The van der Waals surface area contributed by atoms with Gasteiger partial charge in [0.15, 0.2) is 0 Å². The van der Waals surface area contributed by atoms with E-state index in [9.17, 15) is 19.2 Å². The topological polar surface area (TPSA) is 128 Å². The molecule has 0 aromatic carbocycles. The summed E-state index contributed by atoms with van der Waals surface area (Å²) in [4.78, 5) is 51.9. The SMILES string of the molecule is C#CCCNC(=O)C(=C)C(C)NC(=O)C1CCCN1C(=O)C(NC(C)=O)C1CCCCC1.C=CCC.CC(C)O.CCC. The molecule has 2 aliphatic rings. The number of terminal acetylenes is 1. The van der Waals surface area contributed by atoms with Crippen molar-refractivity contribution < 1.29 is 24.3 Å². The molecule has 4 N–H and O–H groups in total. The van der Waals surface area contributed by atoms with Crippen molar-refractivity contribution in [1.29, 1.82) is 0 Å². The highest BCUT2D eigenvalue weighted by molar-refractivity contribution is 5.96. The van der Waals surface area contributed by atoms with Gasteiger partial charge in [0.1, 0.15) is 12.1 Å². The molecule has 3 atom stereocenters.